The van der Waals surface area contributed by atoms with Crippen LogP contribution in [0.4, 0.5) is 0 Å². The third-order valence-corrected chi connectivity index (χ3v) is 3.64. The van der Waals surface area contributed by atoms with Crippen LogP contribution in [-0.2, 0) is 6.42 Å². The number of nitrogens with zero attached hydrogens (tertiary/aromatic N) is 1. The molecule has 2 nitrogen and oxygen atoms in total. The molecular formula is C14H18ClNO. The average molecular weight is 252 g/mol. The van der Waals surface area contributed by atoms with Crippen LogP contribution in [0.15, 0.2) is 24.3 Å². The summed E-state index contributed by atoms with van der Waals surface area (Å²) >= 11 is 6.12. The maximum atomic E-state index is 12.4. The summed E-state index contributed by atoms with van der Waals surface area (Å²) in [5, 5.41) is 0.112. The monoisotopic (exact) mass is 251 g/mol. The third-order valence-electron chi connectivity index (χ3n) is 3.28. The van der Waals surface area contributed by atoms with Gasteiger partial charge in [0.05, 0.1) is 5.38 Å². The van der Waals surface area contributed by atoms with Gasteiger partial charge in [0.2, 0.25) is 0 Å². The van der Waals surface area contributed by atoms with Gasteiger partial charge in [0.15, 0.2) is 0 Å². The molecule has 0 N–H and O–H groups in total. The first kappa shape index (κ1) is 12.4. The zero-order valence-corrected chi connectivity index (χ0v) is 10.9. The smallest absolute Gasteiger partial charge is 0.254 e. The molecule has 2 rings (SSSR count). The van der Waals surface area contributed by atoms with Crippen LogP contribution >= 0.6 is 11.6 Å². The molecule has 1 aliphatic heterocycles. The Bertz CT molecular complexity index is 405. The molecule has 0 bridgehead atoms. The van der Waals surface area contributed by atoms with Gasteiger partial charge in [-0.05, 0) is 30.9 Å². The van der Waals surface area contributed by atoms with Gasteiger partial charge in [-0.3, -0.25) is 4.79 Å². The topological polar surface area (TPSA) is 20.3 Å². The Hall–Kier alpha value is -1.02. The zero-order chi connectivity index (χ0) is 12.3. The Morgan fingerprint density at radius 1 is 1.47 bits per heavy atom. The van der Waals surface area contributed by atoms with E-state index in [2.05, 4.69) is 6.92 Å². The van der Waals surface area contributed by atoms with E-state index < -0.39 is 0 Å². The van der Waals surface area contributed by atoms with E-state index in [0.717, 1.165) is 36.9 Å². The van der Waals surface area contributed by atoms with Crippen LogP contribution in [0.3, 0.4) is 0 Å². The summed E-state index contributed by atoms with van der Waals surface area (Å²) in [6.07, 6.45) is 2.91. The number of piperidine rings is 1. The first-order valence-corrected chi connectivity index (χ1v) is 6.67. The number of halogens is 1. The maximum absolute atomic E-state index is 12.4. The largest absolute Gasteiger partial charge is 0.337 e. The summed E-state index contributed by atoms with van der Waals surface area (Å²) in [5.41, 5.74) is 1.95. The van der Waals surface area contributed by atoms with E-state index in [1.807, 2.05) is 29.2 Å². The average Bonchev–Trinajstić information content (AvgIpc) is 2.38. The fraction of sp³-hybridized carbons (Fsp3) is 0.500. The number of carbonyl (C=O) groups excluding carboxylic acids is 1. The van der Waals surface area contributed by atoms with E-state index >= 15 is 0 Å². The fourth-order valence-corrected chi connectivity index (χ4v) is 2.64. The van der Waals surface area contributed by atoms with E-state index in [9.17, 15) is 4.79 Å². The number of amides is 1. The number of rotatable bonds is 2. The number of hydrogen-bond acceptors (Lipinski definition) is 1. The molecule has 0 aliphatic carbocycles. The molecule has 0 aromatic heterocycles. The van der Waals surface area contributed by atoms with Crippen LogP contribution in [0.2, 0.25) is 0 Å². The number of carbonyl (C=O) groups is 1. The van der Waals surface area contributed by atoms with Crippen molar-refractivity contribution in [1.29, 1.82) is 0 Å². The van der Waals surface area contributed by atoms with Gasteiger partial charge in [-0.2, -0.15) is 0 Å². The Morgan fingerprint density at radius 3 is 2.94 bits per heavy atom. The molecule has 1 amide bonds. The van der Waals surface area contributed by atoms with Crippen molar-refractivity contribution in [3.05, 3.63) is 35.4 Å². The number of aryl methyl sites for hydroxylation is 1. The van der Waals surface area contributed by atoms with E-state index in [-0.39, 0.29) is 11.3 Å². The quantitative estimate of drug-likeness (QED) is 0.740. The first-order valence-electron chi connectivity index (χ1n) is 6.23. The molecule has 0 spiro atoms. The normalized spacial score (nSPS) is 20.4. The maximum Gasteiger partial charge on any atom is 0.254 e. The third kappa shape index (κ3) is 2.81. The van der Waals surface area contributed by atoms with Crippen molar-refractivity contribution < 1.29 is 4.79 Å². The molecule has 0 radical (unpaired) electrons. The second kappa shape index (κ2) is 5.54. The predicted molar refractivity (Wildman–Crippen MR) is 70.6 cm³/mol. The predicted octanol–water partition coefficient (Wildman–Crippen LogP) is 3.09. The molecule has 1 fully saturated rings. The summed E-state index contributed by atoms with van der Waals surface area (Å²) in [6.45, 7) is 3.59. The summed E-state index contributed by atoms with van der Waals surface area (Å²) in [7, 11) is 0. The first-order chi connectivity index (χ1) is 8.22. The molecule has 1 aliphatic rings. The molecule has 17 heavy (non-hydrogen) atoms. The van der Waals surface area contributed by atoms with Crippen LogP contribution in [0.1, 0.15) is 35.7 Å². The molecule has 1 heterocycles. The fourth-order valence-electron chi connectivity index (χ4n) is 2.32. The minimum Gasteiger partial charge on any atom is -0.337 e. The highest BCUT2D eigenvalue weighted by atomic mass is 35.5. The van der Waals surface area contributed by atoms with Crippen LogP contribution in [0.25, 0.3) is 0 Å². The highest BCUT2D eigenvalue weighted by molar-refractivity contribution is 6.21. The Balaban J connectivity index is 2.18. The van der Waals surface area contributed by atoms with Gasteiger partial charge in [-0.15, -0.1) is 11.6 Å². The number of hydrogen-bond donors (Lipinski definition) is 0. The van der Waals surface area contributed by atoms with Gasteiger partial charge in [0.1, 0.15) is 0 Å². The molecular weight excluding hydrogens is 234 g/mol. The lowest BCUT2D eigenvalue weighted by atomic mass is 10.0. The van der Waals surface area contributed by atoms with E-state index in [1.54, 1.807) is 0 Å². The lowest BCUT2D eigenvalue weighted by molar-refractivity contribution is 0.0726. The molecule has 1 atom stereocenters. The summed E-state index contributed by atoms with van der Waals surface area (Å²) in [5.74, 6) is 0.132. The van der Waals surface area contributed by atoms with Crippen LogP contribution in [-0.4, -0.2) is 29.3 Å². The van der Waals surface area contributed by atoms with Gasteiger partial charge >= 0.3 is 0 Å². The Labute approximate surface area is 108 Å². The van der Waals surface area contributed by atoms with E-state index in [0.29, 0.717) is 6.54 Å². The standard InChI is InChI=1S/C14H18ClNO/c1-2-11-6-3-4-8-13(11)14(17)16-9-5-7-12(15)10-16/h3-4,6,8,12H,2,5,7,9-10H2,1H3. The molecule has 1 saturated heterocycles. The van der Waals surface area contributed by atoms with Gasteiger partial charge in [-0.25, -0.2) is 0 Å². The Morgan fingerprint density at radius 2 is 2.24 bits per heavy atom. The minimum absolute atomic E-state index is 0.112. The Kier molecular flexibility index (Phi) is 4.06. The second-order valence-electron chi connectivity index (χ2n) is 4.50. The van der Waals surface area contributed by atoms with Crippen LogP contribution in [0, 0.1) is 0 Å². The molecule has 1 aromatic rings. The molecule has 1 aromatic carbocycles. The molecule has 0 saturated carbocycles. The van der Waals surface area contributed by atoms with Crippen molar-refractivity contribution in [2.24, 2.45) is 0 Å². The van der Waals surface area contributed by atoms with Crippen LogP contribution < -0.4 is 0 Å². The number of benzene rings is 1. The summed E-state index contributed by atoms with van der Waals surface area (Å²) in [6, 6.07) is 7.85. The van der Waals surface area contributed by atoms with Gasteiger partial charge in [0.25, 0.3) is 5.91 Å². The SMILES string of the molecule is CCc1ccccc1C(=O)N1CCCC(Cl)C1. The molecule has 3 heteroatoms. The number of likely N-dealkylation sites (tertiary alicyclic amines) is 1. The summed E-state index contributed by atoms with van der Waals surface area (Å²) in [4.78, 5) is 14.3. The molecule has 1 unspecified atom stereocenters. The second-order valence-corrected chi connectivity index (χ2v) is 5.12. The lowest BCUT2D eigenvalue weighted by Crippen LogP contribution is -2.40. The van der Waals surface area contributed by atoms with Gasteiger partial charge < -0.3 is 4.90 Å². The van der Waals surface area contributed by atoms with Gasteiger partial charge in [-0.1, -0.05) is 25.1 Å². The summed E-state index contributed by atoms with van der Waals surface area (Å²) < 4.78 is 0. The van der Waals surface area contributed by atoms with Crippen molar-refractivity contribution in [1.82, 2.24) is 4.90 Å². The highest BCUT2D eigenvalue weighted by Gasteiger charge is 2.24. The van der Waals surface area contributed by atoms with Crippen molar-refractivity contribution in [3.8, 4) is 0 Å². The zero-order valence-electron chi connectivity index (χ0n) is 10.2. The highest BCUT2D eigenvalue weighted by Crippen LogP contribution is 2.19. The van der Waals surface area contributed by atoms with E-state index in [1.165, 1.54) is 0 Å². The van der Waals surface area contributed by atoms with Crippen LogP contribution in [0.5, 0.6) is 0 Å². The molecule has 92 valence electrons. The van der Waals surface area contributed by atoms with Gasteiger partial charge in [0, 0.05) is 18.7 Å². The number of alkyl halides is 1. The van der Waals surface area contributed by atoms with Crippen molar-refractivity contribution in [3.63, 3.8) is 0 Å². The van der Waals surface area contributed by atoms with Crippen molar-refractivity contribution >= 4 is 17.5 Å². The van der Waals surface area contributed by atoms with E-state index in [4.69, 9.17) is 11.6 Å². The lowest BCUT2D eigenvalue weighted by Gasteiger charge is -2.30. The van der Waals surface area contributed by atoms with Crippen molar-refractivity contribution in [2.45, 2.75) is 31.6 Å². The van der Waals surface area contributed by atoms with Crippen molar-refractivity contribution in [2.75, 3.05) is 13.1 Å². The minimum atomic E-state index is 0.112.